The van der Waals surface area contributed by atoms with E-state index < -0.39 is 16.1 Å². The summed E-state index contributed by atoms with van der Waals surface area (Å²) in [6.45, 7) is 1.43. The number of sulfonamides is 1. The number of hydrogen-bond acceptors (Lipinski definition) is 5. The molecule has 7 nitrogen and oxygen atoms in total. The molecule has 2 saturated heterocycles. The van der Waals surface area contributed by atoms with Crippen molar-refractivity contribution in [3.8, 4) is 0 Å². The maximum absolute atomic E-state index is 12.9. The molecule has 2 aliphatic heterocycles. The first-order chi connectivity index (χ1) is 12.4. The minimum Gasteiger partial charge on any atom is -0.355 e. The van der Waals surface area contributed by atoms with Crippen molar-refractivity contribution in [1.29, 1.82) is 0 Å². The molecule has 3 rings (SSSR count). The molecule has 2 heterocycles. The third-order valence-corrected chi connectivity index (χ3v) is 7.67. The molecule has 26 heavy (non-hydrogen) atoms. The number of amides is 2. The van der Waals surface area contributed by atoms with Gasteiger partial charge in [0.25, 0.3) is 5.91 Å². The molecule has 0 spiro atoms. The van der Waals surface area contributed by atoms with Gasteiger partial charge < -0.3 is 10.2 Å². The predicted octanol–water partition coefficient (Wildman–Crippen LogP) is 0.873. The van der Waals surface area contributed by atoms with Crippen LogP contribution in [0.1, 0.15) is 28.8 Å². The molecule has 0 aliphatic carbocycles. The monoisotopic (exact) mass is 397 g/mol. The molecule has 0 saturated carbocycles. The summed E-state index contributed by atoms with van der Waals surface area (Å²) in [5.41, 5.74) is 1.08. The second-order valence-corrected chi connectivity index (χ2v) is 9.39. The highest BCUT2D eigenvalue weighted by Gasteiger charge is 2.41. The number of hydrogen-bond donors (Lipinski definition) is 1. The minimum absolute atomic E-state index is 0.0777. The Morgan fingerprint density at radius 1 is 1.19 bits per heavy atom. The zero-order valence-corrected chi connectivity index (χ0v) is 16.3. The number of nitrogens with zero attached hydrogens (tertiary/aromatic N) is 2. The largest absolute Gasteiger partial charge is 0.355 e. The molecule has 142 valence electrons. The summed E-state index contributed by atoms with van der Waals surface area (Å²) in [6, 6.07) is 5.89. The Morgan fingerprint density at radius 2 is 1.85 bits per heavy atom. The summed E-state index contributed by atoms with van der Waals surface area (Å²) in [6.07, 6.45) is 1.96. The van der Waals surface area contributed by atoms with Crippen LogP contribution < -0.4 is 5.32 Å². The van der Waals surface area contributed by atoms with Crippen LogP contribution in [-0.2, 0) is 20.6 Å². The van der Waals surface area contributed by atoms with Gasteiger partial charge in [0, 0.05) is 31.5 Å². The second-order valence-electron chi connectivity index (χ2n) is 6.47. The number of rotatable bonds is 5. The van der Waals surface area contributed by atoms with Crippen LogP contribution in [0.4, 0.5) is 0 Å². The minimum atomic E-state index is -3.61. The van der Waals surface area contributed by atoms with Gasteiger partial charge in [-0.1, -0.05) is 12.1 Å². The van der Waals surface area contributed by atoms with Crippen LogP contribution in [0, 0.1) is 0 Å². The van der Waals surface area contributed by atoms with Gasteiger partial charge in [-0.3, -0.25) is 9.59 Å². The van der Waals surface area contributed by atoms with Crippen LogP contribution in [0.15, 0.2) is 24.3 Å². The van der Waals surface area contributed by atoms with Crippen molar-refractivity contribution in [2.24, 2.45) is 0 Å². The quantitative estimate of drug-likeness (QED) is 0.797. The van der Waals surface area contributed by atoms with E-state index in [1.54, 1.807) is 36.2 Å². The number of benzene rings is 1. The van der Waals surface area contributed by atoms with Crippen LogP contribution in [0.5, 0.6) is 0 Å². The molecule has 0 radical (unpaired) electrons. The van der Waals surface area contributed by atoms with Crippen molar-refractivity contribution in [2.45, 2.75) is 24.6 Å². The van der Waals surface area contributed by atoms with Gasteiger partial charge in [0.1, 0.15) is 6.04 Å². The molecule has 2 amide bonds. The number of carbonyl (C=O) groups excluding carboxylic acids is 2. The van der Waals surface area contributed by atoms with E-state index in [1.807, 2.05) is 0 Å². The Labute approximate surface area is 158 Å². The molecule has 1 aromatic rings. The van der Waals surface area contributed by atoms with Gasteiger partial charge in [-0.25, -0.2) is 8.42 Å². The van der Waals surface area contributed by atoms with Crippen LogP contribution in [0.2, 0.25) is 0 Å². The predicted molar refractivity (Wildman–Crippen MR) is 101 cm³/mol. The van der Waals surface area contributed by atoms with E-state index in [0.717, 1.165) is 25.9 Å². The third kappa shape index (κ3) is 4.05. The maximum Gasteiger partial charge on any atom is 0.251 e. The lowest BCUT2D eigenvalue weighted by Gasteiger charge is -2.26. The number of carbonyl (C=O) groups is 2. The average Bonchev–Trinajstić information content (AvgIpc) is 3.32. The van der Waals surface area contributed by atoms with Crippen molar-refractivity contribution in [3.05, 3.63) is 35.4 Å². The number of thioether (sulfide) groups is 1. The van der Waals surface area contributed by atoms with Gasteiger partial charge in [-0.2, -0.15) is 4.31 Å². The topological polar surface area (TPSA) is 86.8 Å². The lowest BCUT2D eigenvalue weighted by Crippen LogP contribution is -2.48. The Morgan fingerprint density at radius 3 is 2.46 bits per heavy atom. The molecule has 1 aromatic carbocycles. The summed E-state index contributed by atoms with van der Waals surface area (Å²) < 4.78 is 27.1. The first-order valence-electron chi connectivity index (χ1n) is 8.59. The average molecular weight is 398 g/mol. The van der Waals surface area contributed by atoms with Gasteiger partial charge in [-0.15, -0.1) is 11.8 Å². The lowest BCUT2D eigenvalue weighted by molar-refractivity contribution is -0.133. The van der Waals surface area contributed by atoms with E-state index >= 15 is 0 Å². The van der Waals surface area contributed by atoms with Gasteiger partial charge in [0.15, 0.2) is 0 Å². The van der Waals surface area contributed by atoms with Crippen molar-refractivity contribution < 1.29 is 18.0 Å². The molecule has 2 aliphatic rings. The zero-order valence-electron chi connectivity index (χ0n) is 14.7. The normalized spacial score (nSPS) is 21.1. The van der Waals surface area contributed by atoms with Crippen molar-refractivity contribution in [1.82, 2.24) is 14.5 Å². The second kappa shape index (κ2) is 7.98. The fourth-order valence-electron chi connectivity index (χ4n) is 3.23. The first kappa shape index (κ1) is 19.2. The molecular formula is C17H23N3O4S2. The molecule has 2 fully saturated rings. The van der Waals surface area contributed by atoms with E-state index in [4.69, 9.17) is 0 Å². The van der Waals surface area contributed by atoms with Gasteiger partial charge >= 0.3 is 0 Å². The Balaban J connectivity index is 1.72. The highest BCUT2D eigenvalue weighted by Crippen LogP contribution is 2.28. The smallest absolute Gasteiger partial charge is 0.251 e. The summed E-state index contributed by atoms with van der Waals surface area (Å²) in [5.74, 6) is 0.344. The number of nitrogens with one attached hydrogen (secondary N) is 1. The fourth-order valence-corrected chi connectivity index (χ4v) is 6.54. The molecule has 0 aromatic heterocycles. The molecule has 1 atom stereocenters. The first-order valence-corrected chi connectivity index (χ1v) is 11.4. The fraction of sp³-hybridized carbons (Fsp3) is 0.529. The molecule has 1 N–H and O–H groups in total. The summed E-state index contributed by atoms with van der Waals surface area (Å²) in [5, 5.41) is 2.53. The van der Waals surface area contributed by atoms with Crippen molar-refractivity contribution in [3.63, 3.8) is 0 Å². The SMILES string of the molecule is CNC(=O)c1ccc(CS(=O)(=O)N2CSC[C@H]2C(=O)N2CCCC2)cc1. The van der Waals surface area contributed by atoms with E-state index in [2.05, 4.69) is 5.32 Å². The highest BCUT2D eigenvalue weighted by molar-refractivity contribution is 8.00. The van der Waals surface area contributed by atoms with Crippen LogP contribution in [0.25, 0.3) is 0 Å². The zero-order chi connectivity index (χ0) is 18.7. The lowest BCUT2D eigenvalue weighted by atomic mass is 10.1. The molecular weight excluding hydrogens is 374 g/mol. The van der Waals surface area contributed by atoms with Crippen LogP contribution in [-0.4, -0.2) is 67.2 Å². The van der Waals surface area contributed by atoms with Crippen molar-refractivity contribution in [2.75, 3.05) is 31.8 Å². The molecule has 9 heteroatoms. The summed E-state index contributed by atoms with van der Waals surface area (Å²) >= 11 is 1.47. The molecule has 0 bridgehead atoms. The van der Waals surface area contributed by atoms with Gasteiger partial charge in [0.05, 0.1) is 11.6 Å². The van der Waals surface area contributed by atoms with Crippen LogP contribution in [0.3, 0.4) is 0 Å². The van der Waals surface area contributed by atoms with E-state index in [1.165, 1.54) is 16.1 Å². The standard InChI is InChI=1S/C17H23N3O4S2/c1-18-16(21)14-6-4-13(5-7-14)11-26(23,24)20-12-25-10-15(20)17(22)19-8-2-3-9-19/h4-7,15H,2-3,8-12H2,1H3,(H,18,21)/t15-/m0/s1. The highest BCUT2D eigenvalue weighted by atomic mass is 32.2. The summed E-state index contributed by atoms with van der Waals surface area (Å²) in [4.78, 5) is 26.0. The third-order valence-electron chi connectivity index (χ3n) is 4.69. The Hall–Kier alpha value is -1.58. The Bertz CT molecular complexity index is 774. The van der Waals surface area contributed by atoms with Gasteiger partial charge in [0.2, 0.25) is 15.9 Å². The maximum atomic E-state index is 12.9. The Kier molecular flexibility index (Phi) is 5.89. The van der Waals surface area contributed by atoms with E-state index in [-0.39, 0.29) is 17.6 Å². The van der Waals surface area contributed by atoms with Crippen LogP contribution >= 0.6 is 11.8 Å². The molecule has 0 unspecified atom stereocenters. The summed E-state index contributed by atoms with van der Waals surface area (Å²) in [7, 11) is -2.07. The van der Waals surface area contributed by atoms with Gasteiger partial charge in [-0.05, 0) is 30.5 Å². The number of likely N-dealkylation sites (tertiary alicyclic amines) is 1. The van der Waals surface area contributed by atoms with E-state index in [0.29, 0.717) is 22.8 Å². The van der Waals surface area contributed by atoms with Crippen molar-refractivity contribution >= 4 is 33.6 Å². The van der Waals surface area contributed by atoms with E-state index in [9.17, 15) is 18.0 Å².